The summed E-state index contributed by atoms with van der Waals surface area (Å²) in [7, 11) is 0. The highest BCUT2D eigenvalue weighted by Crippen LogP contribution is 2.51. The summed E-state index contributed by atoms with van der Waals surface area (Å²) in [5.74, 6) is -0.622. The molecule has 1 saturated carbocycles. The number of ether oxygens (including phenoxy) is 2. The Hall–Kier alpha value is -2.08. The van der Waals surface area contributed by atoms with Gasteiger partial charge in [-0.1, -0.05) is 0 Å². The minimum atomic E-state index is -0.990. The van der Waals surface area contributed by atoms with Gasteiger partial charge in [-0.15, -0.1) is 0 Å². The van der Waals surface area contributed by atoms with Crippen LogP contribution < -0.4 is 4.74 Å². The minimum absolute atomic E-state index is 0.0454. The van der Waals surface area contributed by atoms with Gasteiger partial charge in [0.2, 0.25) is 0 Å². The van der Waals surface area contributed by atoms with Gasteiger partial charge in [0.05, 0.1) is 29.4 Å². The van der Waals surface area contributed by atoms with E-state index in [9.17, 15) is 9.90 Å². The molecule has 24 heavy (non-hydrogen) atoms. The van der Waals surface area contributed by atoms with Crippen molar-refractivity contribution in [1.82, 2.24) is 9.78 Å². The first-order valence-electron chi connectivity index (χ1n) is 8.38. The van der Waals surface area contributed by atoms with Gasteiger partial charge in [-0.3, -0.25) is 4.68 Å². The molecule has 1 aliphatic carbocycles. The molecule has 2 aliphatic rings. The maximum absolute atomic E-state index is 11.6. The van der Waals surface area contributed by atoms with Crippen molar-refractivity contribution >= 4 is 16.9 Å². The quantitative estimate of drug-likeness (QED) is 0.932. The molecule has 2 fully saturated rings. The summed E-state index contributed by atoms with van der Waals surface area (Å²) in [6, 6.07) is 3.38. The van der Waals surface area contributed by atoms with E-state index in [-0.39, 0.29) is 22.8 Å². The summed E-state index contributed by atoms with van der Waals surface area (Å²) >= 11 is 0. The number of hydrogen-bond donors (Lipinski definition) is 1. The molecule has 1 N–H and O–H groups in total. The van der Waals surface area contributed by atoms with Crippen LogP contribution in [-0.2, 0) is 10.3 Å². The van der Waals surface area contributed by atoms with Crippen LogP contribution in [0, 0.1) is 0 Å². The van der Waals surface area contributed by atoms with Crippen LogP contribution in [0.3, 0.4) is 0 Å². The molecule has 2 aromatic rings. The van der Waals surface area contributed by atoms with E-state index in [4.69, 9.17) is 14.6 Å². The maximum atomic E-state index is 11.6. The normalized spacial score (nSPS) is 28.8. The summed E-state index contributed by atoms with van der Waals surface area (Å²) in [5, 5.41) is 15.0. The lowest BCUT2D eigenvalue weighted by Gasteiger charge is -2.26. The van der Waals surface area contributed by atoms with Crippen molar-refractivity contribution < 1.29 is 19.4 Å². The van der Waals surface area contributed by atoms with Crippen molar-refractivity contribution in [2.45, 2.75) is 57.3 Å². The Labute approximate surface area is 140 Å². The zero-order valence-corrected chi connectivity index (χ0v) is 14.2. The highest BCUT2D eigenvalue weighted by atomic mass is 16.5. The number of hydrogen-bond acceptors (Lipinski definition) is 4. The van der Waals surface area contributed by atoms with E-state index >= 15 is 0 Å². The molecule has 2 bridgehead atoms. The van der Waals surface area contributed by atoms with Crippen molar-refractivity contribution in [3.63, 3.8) is 0 Å². The van der Waals surface area contributed by atoms with Crippen LogP contribution in [0.5, 0.6) is 5.75 Å². The molecule has 0 amide bonds. The molecule has 6 heteroatoms. The lowest BCUT2D eigenvalue weighted by atomic mass is 9.99. The van der Waals surface area contributed by atoms with E-state index in [0.29, 0.717) is 12.4 Å². The zero-order chi connectivity index (χ0) is 17.1. The fraction of sp³-hybridized carbons (Fsp3) is 0.556. The third-order valence-corrected chi connectivity index (χ3v) is 5.20. The van der Waals surface area contributed by atoms with Gasteiger partial charge < -0.3 is 14.6 Å². The predicted octanol–water partition coefficient (Wildman–Crippen LogP) is 3.19. The zero-order valence-electron chi connectivity index (χ0n) is 14.2. The summed E-state index contributed by atoms with van der Waals surface area (Å²) in [5.41, 5.74) is 0.782. The highest BCUT2D eigenvalue weighted by molar-refractivity contribution is 5.96. The SMILES string of the molecule is CC(C)Oc1cc2nn([C@]34CC[C@](C)(C3)OC4)cc2cc1C(=O)O. The molecule has 0 radical (unpaired) electrons. The molecular weight excluding hydrogens is 308 g/mol. The van der Waals surface area contributed by atoms with Crippen molar-refractivity contribution in [2.24, 2.45) is 0 Å². The number of fused-ring (bicyclic) bond motifs is 3. The smallest absolute Gasteiger partial charge is 0.339 e. The Kier molecular flexibility index (Phi) is 3.19. The highest BCUT2D eigenvalue weighted by Gasteiger charge is 2.54. The molecule has 0 spiro atoms. The second-order valence-electron chi connectivity index (χ2n) is 7.59. The summed E-state index contributed by atoms with van der Waals surface area (Å²) in [6.45, 7) is 6.58. The number of benzene rings is 1. The van der Waals surface area contributed by atoms with E-state index in [2.05, 4.69) is 6.92 Å². The Morgan fingerprint density at radius 2 is 2.21 bits per heavy atom. The molecule has 128 valence electrons. The topological polar surface area (TPSA) is 73.6 Å². The third kappa shape index (κ3) is 2.28. The first-order chi connectivity index (χ1) is 11.3. The second-order valence-corrected chi connectivity index (χ2v) is 7.59. The van der Waals surface area contributed by atoms with Gasteiger partial charge in [-0.05, 0) is 39.7 Å². The fourth-order valence-electron chi connectivity index (χ4n) is 4.00. The van der Waals surface area contributed by atoms with Crippen LogP contribution in [0.4, 0.5) is 0 Å². The Balaban J connectivity index is 1.80. The lowest BCUT2D eigenvalue weighted by molar-refractivity contribution is -0.0149. The van der Waals surface area contributed by atoms with Crippen LogP contribution in [0.15, 0.2) is 18.3 Å². The average Bonchev–Trinajstić information content (AvgIpc) is 3.15. The summed E-state index contributed by atoms with van der Waals surface area (Å²) in [4.78, 5) is 11.6. The number of carboxylic acids is 1. The van der Waals surface area contributed by atoms with Crippen LogP contribution in [0.1, 0.15) is 50.4 Å². The first-order valence-corrected chi connectivity index (χ1v) is 8.38. The lowest BCUT2D eigenvalue weighted by Crippen LogP contribution is -2.33. The van der Waals surface area contributed by atoms with E-state index in [1.54, 1.807) is 12.1 Å². The van der Waals surface area contributed by atoms with Crippen molar-refractivity contribution in [3.05, 3.63) is 23.9 Å². The Bertz CT molecular complexity index is 816. The number of carboxylic acid groups (broad SMARTS) is 1. The van der Waals surface area contributed by atoms with Crippen LogP contribution in [-0.4, -0.2) is 39.2 Å². The molecule has 1 aromatic heterocycles. The van der Waals surface area contributed by atoms with E-state index in [0.717, 1.165) is 30.2 Å². The van der Waals surface area contributed by atoms with Crippen molar-refractivity contribution in [1.29, 1.82) is 0 Å². The predicted molar refractivity (Wildman–Crippen MR) is 88.6 cm³/mol. The number of aromatic carboxylic acids is 1. The molecule has 4 rings (SSSR count). The van der Waals surface area contributed by atoms with Crippen molar-refractivity contribution in [2.75, 3.05) is 6.61 Å². The Morgan fingerprint density at radius 3 is 2.75 bits per heavy atom. The number of carbonyl (C=O) groups is 1. The summed E-state index contributed by atoms with van der Waals surface area (Å²) < 4.78 is 13.6. The van der Waals surface area contributed by atoms with E-state index in [1.807, 2.05) is 24.7 Å². The van der Waals surface area contributed by atoms with Gasteiger partial charge in [0, 0.05) is 24.1 Å². The molecule has 2 heterocycles. The number of nitrogens with zero attached hydrogens (tertiary/aromatic N) is 2. The maximum Gasteiger partial charge on any atom is 0.339 e. The molecule has 1 saturated heterocycles. The van der Waals surface area contributed by atoms with Crippen LogP contribution in [0.25, 0.3) is 10.9 Å². The standard InChI is InChI=1S/C18H22N2O4/c1-11(2)24-15-7-14-12(6-13(15)16(21)22)8-20(19-14)18-5-4-17(3,9-18)23-10-18/h6-8,11H,4-5,9-10H2,1-3H3,(H,21,22)/t17-,18-/m1/s1. The van der Waals surface area contributed by atoms with Crippen LogP contribution in [0.2, 0.25) is 0 Å². The third-order valence-electron chi connectivity index (χ3n) is 5.20. The van der Waals surface area contributed by atoms with Gasteiger partial charge in [0.1, 0.15) is 11.3 Å². The molecule has 0 unspecified atom stereocenters. The van der Waals surface area contributed by atoms with Gasteiger partial charge in [-0.25, -0.2) is 4.79 Å². The van der Waals surface area contributed by atoms with Gasteiger partial charge in [-0.2, -0.15) is 5.10 Å². The van der Waals surface area contributed by atoms with Gasteiger partial charge in [0.15, 0.2) is 0 Å². The molecule has 2 atom stereocenters. The van der Waals surface area contributed by atoms with Gasteiger partial charge in [0.25, 0.3) is 0 Å². The number of rotatable bonds is 4. The number of aromatic nitrogens is 2. The first kappa shape index (κ1) is 15.4. The molecule has 1 aliphatic heterocycles. The molecular formula is C18H22N2O4. The molecule has 6 nitrogen and oxygen atoms in total. The largest absolute Gasteiger partial charge is 0.490 e. The van der Waals surface area contributed by atoms with E-state index < -0.39 is 5.97 Å². The van der Waals surface area contributed by atoms with E-state index in [1.165, 1.54) is 0 Å². The second kappa shape index (κ2) is 4.96. The fourth-order valence-corrected chi connectivity index (χ4v) is 4.00. The van der Waals surface area contributed by atoms with Gasteiger partial charge >= 0.3 is 5.97 Å². The Morgan fingerprint density at radius 1 is 1.42 bits per heavy atom. The average molecular weight is 330 g/mol. The minimum Gasteiger partial charge on any atom is -0.490 e. The van der Waals surface area contributed by atoms with Crippen LogP contribution >= 0.6 is 0 Å². The monoisotopic (exact) mass is 330 g/mol. The van der Waals surface area contributed by atoms with Crippen molar-refractivity contribution in [3.8, 4) is 5.75 Å². The molecule has 1 aromatic carbocycles. The summed E-state index contributed by atoms with van der Waals surface area (Å²) in [6.07, 6.45) is 4.88.